The lowest BCUT2D eigenvalue weighted by atomic mass is 10.1. The number of rotatable bonds is 3. The molecule has 2 aliphatic heterocycles. The molecule has 1 aliphatic carbocycles. The van der Waals surface area contributed by atoms with Crippen LogP contribution in [0.1, 0.15) is 50.0 Å². The van der Waals surface area contributed by atoms with Gasteiger partial charge in [0.25, 0.3) is 0 Å². The van der Waals surface area contributed by atoms with Crippen molar-refractivity contribution < 1.29 is 4.42 Å². The summed E-state index contributed by atoms with van der Waals surface area (Å²) in [5.74, 6) is 3.91. The van der Waals surface area contributed by atoms with E-state index in [9.17, 15) is 0 Å². The van der Waals surface area contributed by atoms with Crippen molar-refractivity contribution in [3.8, 4) is 0 Å². The zero-order chi connectivity index (χ0) is 12.8. The Balaban J connectivity index is 1.39. The molecule has 3 nitrogen and oxygen atoms in total. The predicted octanol–water partition coefficient (Wildman–Crippen LogP) is 2.73. The molecule has 3 heterocycles. The van der Waals surface area contributed by atoms with E-state index in [1.54, 1.807) is 0 Å². The molecule has 0 amide bonds. The van der Waals surface area contributed by atoms with Gasteiger partial charge >= 0.3 is 0 Å². The molecule has 3 aliphatic rings. The van der Waals surface area contributed by atoms with Gasteiger partial charge in [-0.25, -0.2) is 0 Å². The fraction of sp³-hybridized carbons (Fsp3) is 0.750. The molecular weight excluding hydrogens is 236 g/mol. The molecule has 2 bridgehead atoms. The Bertz CT molecular complexity index is 455. The topological polar surface area (TPSA) is 28.4 Å². The van der Waals surface area contributed by atoms with E-state index in [0.29, 0.717) is 12.0 Å². The molecule has 19 heavy (non-hydrogen) atoms. The Morgan fingerprint density at radius 3 is 2.95 bits per heavy atom. The van der Waals surface area contributed by atoms with E-state index in [2.05, 4.69) is 29.3 Å². The third-order valence-corrected chi connectivity index (χ3v) is 5.14. The number of nitrogens with zero attached hydrogens (tertiary/aromatic N) is 1. The molecule has 4 atom stereocenters. The van der Waals surface area contributed by atoms with E-state index >= 15 is 0 Å². The first kappa shape index (κ1) is 12.0. The Morgan fingerprint density at radius 1 is 1.26 bits per heavy atom. The molecule has 3 fully saturated rings. The number of hydrogen-bond donors (Lipinski definition) is 1. The van der Waals surface area contributed by atoms with Crippen molar-refractivity contribution in [3.05, 3.63) is 23.7 Å². The monoisotopic (exact) mass is 260 g/mol. The third kappa shape index (κ3) is 2.46. The lowest BCUT2D eigenvalue weighted by Crippen LogP contribution is -2.34. The Kier molecular flexibility index (Phi) is 2.92. The summed E-state index contributed by atoms with van der Waals surface area (Å²) in [6.45, 7) is 5.70. The van der Waals surface area contributed by atoms with Crippen LogP contribution in [0.5, 0.6) is 0 Å². The average molecular weight is 260 g/mol. The molecule has 0 radical (unpaired) electrons. The maximum absolute atomic E-state index is 6.04. The van der Waals surface area contributed by atoms with Crippen LogP contribution < -0.4 is 5.32 Å². The number of furan rings is 1. The highest BCUT2D eigenvalue weighted by Crippen LogP contribution is 2.47. The van der Waals surface area contributed by atoms with Crippen molar-refractivity contribution >= 4 is 0 Å². The SMILES string of the molecule is CC1CC1c1ccc(CN2CCC3CCC(C2)N3)o1. The molecule has 1 saturated carbocycles. The van der Waals surface area contributed by atoms with Crippen LogP contribution in [0.25, 0.3) is 0 Å². The molecule has 1 aromatic heterocycles. The second kappa shape index (κ2) is 4.64. The van der Waals surface area contributed by atoms with E-state index in [1.807, 2.05) is 0 Å². The van der Waals surface area contributed by atoms with Crippen molar-refractivity contribution in [2.75, 3.05) is 13.1 Å². The highest BCUT2D eigenvalue weighted by Gasteiger charge is 2.36. The van der Waals surface area contributed by atoms with Crippen LogP contribution in [-0.2, 0) is 6.54 Å². The summed E-state index contributed by atoms with van der Waals surface area (Å²) in [5.41, 5.74) is 0. The lowest BCUT2D eigenvalue weighted by molar-refractivity contribution is 0.229. The van der Waals surface area contributed by atoms with Crippen molar-refractivity contribution in [1.29, 1.82) is 0 Å². The minimum atomic E-state index is 0.704. The van der Waals surface area contributed by atoms with Gasteiger partial charge in [-0.15, -0.1) is 0 Å². The summed E-state index contributed by atoms with van der Waals surface area (Å²) < 4.78 is 6.04. The number of likely N-dealkylation sites (tertiary alicyclic amines) is 1. The molecule has 104 valence electrons. The Morgan fingerprint density at radius 2 is 2.11 bits per heavy atom. The maximum Gasteiger partial charge on any atom is 0.118 e. The van der Waals surface area contributed by atoms with Gasteiger partial charge in [-0.3, -0.25) is 4.90 Å². The van der Waals surface area contributed by atoms with Crippen LogP contribution >= 0.6 is 0 Å². The highest BCUT2D eigenvalue weighted by atomic mass is 16.3. The summed E-state index contributed by atoms with van der Waals surface area (Å²) >= 11 is 0. The summed E-state index contributed by atoms with van der Waals surface area (Å²) in [5, 5.41) is 3.74. The fourth-order valence-corrected chi connectivity index (χ4v) is 3.78. The first-order chi connectivity index (χ1) is 9.28. The molecule has 1 N–H and O–H groups in total. The van der Waals surface area contributed by atoms with Crippen LogP contribution in [0.3, 0.4) is 0 Å². The van der Waals surface area contributed by atoms with Gasteiger partial charge in [0, 0.05) is 31.1 Å². The Hall–Kier alpha value is -0.800. The van der Waals surface area contributed by atoms with Gasteiger partial charge in [-0.2, -0.15) is 0 Å². The third-order valence-electron chi connectivity index (χ3n) is 5.14. The molecule has 3 heteroatoms. The van der Waals surface area contributed by atoms with Gasteiger partial charge in [-0.1, -0.05) is 6.92 Å². The molecule has 2 saturated heterocycles. The maximum atomic E-state index is 6.04. The highest BCUT2D eigenvalue weighted by molar-refractivity contribution is 5.17. The molecule has 4 unspecified atom stereocenters. The molecule has 0 spiro atoms. The van der Waals surface area contributed by atoms with Gasteiger partial charge in [0.1, 0.15) is 11.5 Å². The van der Waals surface area contributed by atoms with E-state index in [4.69, 9.17) is 4.42 Å². The van der Waals surface area contributed by atoms with E-state index in [-0.39, 0.29) is 0 Å². The largest absolute Gasteiger partial charge is 0.464 e. The van der Waals surface area contributed by atoms with Gasteiger partial charge in [0.15, 0.2) is 0 Å². The number of hydrogen-bond acceptors (Lipinski definition) is 3. The van der Waals surface area contributed by atoms with Crippen LogP contribution in [0, 0.1) is 5.92 Å². The number of nitrogens with one attached hydrogen (secondary N) is 1. The predicted molar refractivity (Wildman–Crippen MR) is 75.1 cm³/mol. The van der Waals surface area contributed by atoms with E-state index in [0.717, 1.165) is 24.3 Å². The molecule has 4 rings (SSSR count). The summed E-state index contributed by atoms with van der Waals surface area (Å²) in [4.78, 5) is 2.57. The van der Waals surface area contributed by atoms with Gasteiger partial charge in [0.05, 0.1) is 6.54 Å². The second-order valence-electron chi connectivity index (χ2n) is 6.79. The first-order valence-corrected chi connectivity index (χ1v) is 7.85. The minimum Gasteiger partial charge on any atom is -0.464 e. The minimum absolute atomic E-state index is 0.704. The van der Waals surface area contributed by atoms with Crippen LogP contribution in [0.4, 0.5) is 0 Å². The van der Waals surface area contributed by atoms with Crippen molar-refractivity contribution in [2.24, 2.45) is 5.92 Å². The second-order valence-corrected chi connectivity index (χ2v) is 6.79. The fourth-order valence-electron chi connectivity index (χ4n) is 3.78. The average Bonchev–Trinajstić information content (AvgIpc) is 2.81. The lowest BCUT2D eigenvalue weighted by Gasteiger charge is -2.22. The summed E-state index contributed by atoms with van der Waals surface area (Å²) in [6.07, 6.45) is 5.33. The quantitative estimate of drug-likeness (QED) is 0.906. The molecule has 1 aromatic rings. The Labute approximate surface area is 115 Å². The zero-order valence-corrected chi connectivity index (χ0v) is 11.8. The van der Waals surface area contributed by atoms with Gasteiger partial charge < -0.3 is 9.73 Å². The van der Waals surface area contributed by atoms with Gasteiger partial charge in [0.2, 0.25) is 0 Å². The van der Waals surface area contributed by atoms with Crippen LogP contribution in [-0.4, -0.2) is 30.1 Å². The van der Waals surface area contributed by atoms with Crippen molar-refractivity contribution in [1.82, 2.24) is 10.2 Å². The molecule has 0 aromatic carbocycles. The standard InChI is InChI=1S/C16H24N2O/c1-11-8-15(11)16-5-4-14(19-16)10-18-7-6-12-2-3-13(9-18)17-12/h4-5,11-13,15,17H,2-3,6-10H2,1H3. The van der Waals surface area contributed by atoms with Crippen LogP contribution in [0.15, 0.2) is 16.5 Å². The van der Waals surface area contributed by atoms with E-state index in [1.165, 1.54) is 44.5 Å². The van der Waals surface area contributed by atoms with Gasteiger partial charge in [-0.05, 0) is 43.7 Å². The zero-order valence-electron chi connectivity index (χ0n) is 11.8. The number of fused-ring (bicyclic) bond motifs is 2. The smallest absolute Gasteiger partial charge is 0.118 e. The van der Waals surface area contributed by atoms with Crippen molar-refractivity contribution in [3.63, 3.8) is 0 Å². The summed E-state index contributed by atoms with van der Waals surface area (Å²) in [6, 6.07) is 5.88. The van der Waals surface area contributed by atoms with Crippen molar-refractivity contribution in [2.45, 2.75) is 57.2 Å². The van der Waals surface area contributed by atoms with E-state index < -0.39 is 0 Å². The molecular formula is C16H24N2O. The summed E-state index contributed by atoms with van der Waals surface area (Å²) in [7, 11) is 0. The first-order valence-electron chi connectivity index (χ1n) is 7.85. The van der Waals surface area contributed by atoms with Crippen LogP contribution in [0.2, 0.25) is 0 Å². The normalized spacial score (nSPS) is 38.4.